The number of carbonyl (C=O) groups is 2. The number of rotatable bonds is 5. The van der Waals surface area contributed by atoms with Crippen molar-refractivity contribution in [2.24, 2.45) is 0 Å². The highest BCUT2D eigenvalue weighted by Gasteiger charge is 2.34. The lowest BCUT2D eigenvalue weighted by atomic mass is 10.0. The number of halogens is 1. The Morgan fingerprint density at radius 1 is 1.43 bits per heavy atom. The van der Waals surface area contributed by atoms with Crippen molar-refractivity contribution in [2.75, 3.05) is 6.07 Å². The molecule has 1 aromatic rings. The second kappa shape index (κ2) is 8.12. The molecule has 23 heavy (non-hydrogen) atoms. The molecule has 2 unspecified atom stereocenters. The second-order valence-corrected chi connectivity index (χ2v) is 6.06. The maximum absolute atomic E-state index is 12.0. The average molecular weight is 345 g/mol. The van der Waals surface area contributed by atoms with E-state index < -0.39 is 35.9 Å². The molecule has 1 heterocycles. The van der Waals surface area contributed by atoms with Crippen molar-refractivity contribution in [1.29, 1.82) is 0 Å². The number of alkyl halides is 1. The molecular formula is C15H21ClN2O5. The van der Waals surface area contributed by atoms with E-state index in [2.05, 4.69) is 15.0 Å². The van der Waals surface area contributed by atoms with Crippen molar-refractivity contribution in [2.45, 2.75) is 45.4 Å². The number of amides is 1. The van der Waals surface area contributed by atoms with Gasteiger partial charge in [0.05, 0.1) is 5.69 Å². The van der Waals surface area contributed by atoms with E-state index in [4.69, 9.17) is 16.3 Å². The molecule has 1 rings (SSSR count). The van der Waals surface area contributed by atoms with E-state index in [9.17, 15) is 14.7 Å². The number of carbonyl (C=O) groups excluding carboxylic acids is 2. The summed E-state index contributed by atoms with van der Waals surface area (Å²) in [5.74, 6) is -0.886. The SMILES string of the molecule is Cc1cccnc1C(O)C(NC(=O)OC(C)(C)C)C(=O)OCCl. The average Bonchev–Trinajstić information content (AvgIpc) is 2.43. The van der Waals surface area contributed by atoms with Crippen molar-refractivity contribution in [3.05, 3.63) is 29.6 Å². The lowest BCUT2D eigenvalue weighted by molar-refractivity contribution is -0.147. The number of pyridine rings is 1. The highest BCUT2D eigenvalue weighted by Crippen LogP contribution is 2.20. The van der Waals surface area contributed by atoms with E-state index in [0.29, 0.717) is 5.56 Å². The van der Waals surface area contributed by atoms with Crippen LogP contribution in [0.15, 0.2) is 18.3 Å². The van der Waals surface area contributed by atoms with Gasteiger partial charge in [-0.15, -0.1) is 0 Å². The van der Waals surface area contributed by atoms with E-state index in [1.807, 2.05) is 0 Å². The molecule has 0 bridgehead atoms. The maximum atomic E-state index is 12.0. The molecular weight excluding hydrogens is 324 g/mol. The third-order valence-electron chi connectivity index (χ3n) is 2.77. The molecule has 0 spiro atoms. The van der Waals surface area contributed by atoms with Gasteiger partial charge in [0, 0.05) is 6.20 Å². The van der Waals surface area contributed by atoms with Crippen molar-refractivity contribution >= 4 is 23.7 Å². The summed E-state index contributed by atoms with van der Waals surface area (Å²) in [4.78, 5) is 27.9. The highest BCUT2D eigenvalue weighted by molar-refractivity contribution is 6.17. The molecule has 1 amide bonds. The Bertz CT molecular complexity index is 559. The van der Waals surface area contributed by atoms with Gasteiger partial charge in [0.1, 0.15) is 11.7 Å². The van der Waals surface area contributed by atoms with Gasteiger partial charge in [-0.25, -0.2) is 9.59 Å². The van der Waals surface area contributed by atoms with Crippen LogP contribution in [-0.2, 0) is 14.3 Å². The van der Waals surface area contributed by atoms with E-state index >= 15 is 0 Å². The number of aryl methyl sites for hydroxylation is 1. The second-order valence-electron chi connectivity index (χ2n) is 5.85. The van der Waals surface area contributed by atoms with Crippen LogP contribution in [0.25, 0.3) is 0 Å². The van der Waals surface area contributed by atoms with Gasteiger partial charge in [0.2, 0.25) is 0 Å². The summed E-state index contributed by atoms with van der Waals surface area (Å²) in [6, 6.07) is 1.62. The van der Waals surface area contributed by atoms with E-state index in [1.54, 1.807) is 39.8 Å². The first kappa shape index (κ1) is 19.2. The first-order valence-corrected chi connectivity index (χ1v) is 7.51. The predicted octanol–water partition coefficient (Wildman–Crippen LogP) is 2.06. The number of aliphatic hydroxyl groups is 1. The molecule has 0 fully saturated rings. The van der Waals surface area contributed by atoms with Crippen LogP contribution in [0.5, 0.6) is 0 Å². The summed E-state index contributed by atoms with van der Waals surface area (Å²) in [5.41, 5.74) is 0.159. The number of nitrogens with one attached hydrogen (secondary N) is 1. The molecule has 7 nitrogen and oxygen atoms in total. The molecule has 2 N–H and O–H groups in total. The zero-order chi connectivity index (χ0) is 17.6. The normalized spacial score (nSPS) is 13.8. The van der Waals surface area contributed by atoms with Gasteiger partial charge in [-0.05, 0) is 39.3 Å². The first-order valence-electron chi connectivity index (χ1n) is 6.97. The summed E-state index contributed by atoms with van der Waals surface area (Å²) in [7, 11) is 0. The fraction of sp³-hybridized carbons (Fsp3) is 0.533. The van der Waals surface area contributed by atoms with E-state index in [1.165, 1.54) is 6.20 Å². The minimum atomic E-state index is -1.40. The molecule has 1 aromatic heterocycles. The summed E-state index contributed by atoms with van der Waals surface area (Å²) in [5, 5.41) is 12.7. The van der Waals surface area contributed by atoms with Gasteiger partial charge in [0.15, 0.2) is 12.1 Å². The van der Waals surface area contributed by atoms with E-state index in [0.717, 1.165) is 0 Å². The Morgan fingerprint density at radius 3 is 2.61 bits per heavy atom. The molecule has 0 aliphatic rings. The minimum absolute atomic E-state index is 0.250. The van der Waals surface area contributed by atoms with Crippen molar-refractivity contribution < 1.29 is 24.2 Å². The number of hydrogen-bond donors (Lipinski definition) is 2. The van der Waals surface area contributed by atoms with Gasteiger partial charge in [0.25, 0.3) is 0 Å². The quantitative estimate of drug-likeness (QED) is 0.626. The van der Waals surface area contributed by atoms with Crippen LogP contribution < -0.4 is 5.32 Å². The van der Waals surface area contributed by atoms with Crippen LogP contribution in [0, 0.1) is 6.92 Å². The monoisotopic (exact) mass is 344 g/mol. The van der Waals surface area contributed by atoms with Gasteiger partial charge in [-0.1, -0.05) is 17.7 Å². The summed E-state index contributed by atoms with van der Waals surface area (Å²) in [6.07, 6.45) is -0.788. The maximum Gasteiger partial charge on any atom is 0.408 e. The Labute approximate surface area is 139 Å². The third kappa shape index (κ3) is 6.03. The summed E-state index contributed by atoms with van der Waals surface area (Å²) in [6.45, 7) is 6.76. The number of aliphatic hydroxyl groups excluding tert-OH is 1. The highest BCUT2D eigenvalue weighted by atomic mass is 35.5. The molecule has 0 aromatic carbocycles. The molecule has 0 saturated carbocycles. The van der Waals surface area contributed by atoms with Gasteiger partial charge >= 0.3 is 12.1 Å². The Hall–Kier alpha value is -1.86. The van der Waals surface area contributed by atoms with Crippen molar-refractivity contribution in [3.8, 4) is 0 Å². The standard InChI is InChI=1S/C15H21ClN2O5/c1-9-6-5-7-17-10(9)12(19)11(13(20)22-8-16)18-14(21)23-15(2,3)4/h5-7,11-12,19H,8H2,1-4H3,(H,18,21). The third-order valence-corrected chi connectivity index (χ3v) is 2.88. The Kier molecular flexibility index (Phi) is 6.78. The number of ether oxygens (including phenoxy) is 2. The summed E-state index contributed by atoms with van der Waals surface area (Å²) >= 11 is 5.38. The van der Waals surface area contributed by atoms with Crippen LogP contribution in [0.2, 0.25) is 0 Å². The lowest BCUT2D eigenvalue weighted by Gasteiger charge is -2.25. The number of esters is 1. The summed E-state index contributed by atoms with van der Waals surface area (Å²) < 4.78 is 9.78. The topological polar surface area (TPSA) is 97.8 Å². The molecule has 8 heteroatoms. The Morgan fingerprint density at radius 2 is 2.09 bits per heavy atom. The van der Waals surface area contributed by atoms with Crippen molar-refractivity contribution in [3.63, 3.8) is 0 Å². The number of aromatic nitrogens is 1. The molecule has 0 aliphatic carbocycles. The largest absolute Gasteiger partial charge is 0.448 e. The molecule has 0 aliphatic heterocycles. The van der Waals surface area contributed by atoms with Gasteiger partial charge in [-0.3, -0.25) is 4.98 Å². The van der Waals surface area contributed by atoms with Crippen LogP contribution in [0.3, 0.4) is 0 Å². The molecule has 0 radical (unpaired) electrons. The number of nitrogens with zero attached hydrogens (tertiary/aromatic N) is 1. The lowest BCUT2D eigenvalue weighted by Crippen LogP contribution is -2.48. The Balaban J connectivity index is 2.99. The van der Waals surface area contributed by atoms with Crippen molar-refractivity contribution in [1.82, 2.24) is 10.3 Å². The molecule has 0 saturated heterocycles. The fourth-order valence-electron chi connectivity index (χ4n) is 1.81. The smallest absolute Gasteiger partial charge is 0.408 e. The number of hydrogen-bond acceptors (Lipinski definition) is 6. The predicted molar refractivity (Wildman–Crippen MR) is 83.9 cm³/mol. The van der Waals surface area contributed by atoms with Crippen LogP contribution in [0.1, 0.15) is 38.1 Å². The van der Waals surface area contributed by atoms with E-state index in [-0.39, 0.29) is 5.69 Å². The fourth-order valence-corrected chi connectivity index (χ4v) is 1.92. The molecule has 128 valence electrons. The van der Waals surface area contributed by atoms with Crippen LogP contribution in [0.4, 0.5) is 4.79 Å². The number of alkyl carbamates (subject to hydrolysis) is 1. The first-order chi connectivity index (χ1) is 10.7. The zero-order valence-corrected chi connectivity index (χ0v) is 14.3. The molecule has 2 atom stereocenters. The minimum Gasteiger partial charge on any atom is -0.448 e. The van der Waals surface area contributed by atoms with Gasteiger partial charge < -0.3 is 19.9 Å². The van der Waals surface area contributed by atoms with Crippen LogP contribution >= 0.6 is 11.6 Å². The van der Waals surface area contributed by atoms with Gasteiger partial charge in [-0.2, -0.15) is 0 Å². The zero-order valence-electron chi connectivity index (χ0n) is 13.5. The van der Waals surface area contributed by atoms with Crippen LogP contribution in [-0.4, -0.2) is 39.9 Å².